The number of rotatable bonds is 6. The molecule has 1 aromatic heterocycles. The molecule has 0 N–H and O–H groups in total. The van der Waals surface area contributed by atoms with E-state index < -0.39 is 5.97 Å². The van der Waals surface area contributed by atoms with Crippen molar-refractivity contribution >= 4 is 29.4 Å². The summed E-state index contributed by atoms with van der Waals surface area (Å²) in [5.74, 6) is -0.309. The molecule has 0 fully saturated rings. The number of carbonyl (C=O) groups is 2. The number of allylic oxidation sites excluding steroid dienone is 1. The molecule has 2 aromatic carbocycles. The van der Waals surface area contributed by atoms with Gasteiger partial charge in [-0.3, -0.25) is 4.79 Å². The van der Waals surface area contributed by atoms with E-state index in [1.165, 1.54) is 36.6 Å². The Balaban J connectivity index is 1.86. The van der Waals surface area contributed by atoms with Crippen molar-refractivity contribution in [2.45, 2.75) is 0 Å². The number of para-hydroxylation sites is 1. The lowest BCUT2D eigenvalue weighted by Gasteiger charge is -2.08. The Morgan fingerprint density at radius 3 is 2.59 bits per heavy atom. The van der Waals surface area contributed by atoms with Crippen molar-refractivity contribution in [2.75, 3.05) is 7.11 Å². The van der Waals surface area contributed by atoms with Gasteiger partial charge >= 0.3 is 5.97 Å². The highest BCUT2D eigenvalue weighted by Crippen LogP contribution is 2.26. The molecule has 0 aliphatic rings. The second-order valence-corrected chi connectivity index (χ2v) is 5.88. The number of methoxy groups -OCH3 is 1. The number of hydrogen-bond acceptors (Lipinski definition) is 5. The minimum absolute atomic E-state index is 0.0351. The summed E-state index contributed by atoms with van der Waals surface area (Å²) in [6, 6.07) is 14.8. The first-order valence-corrected chi connectivity index (χ1v) is 8.37. The second kappa shape index (κ2) is 8.38. The van der Waals surface area contributed by atoms with Crippen LogP contribution in [0.5, 0.6) is 11.5 Å². The lowest BCUT2D eigenvalue weighted by atomic mass is 10.1. The number of halogens is 1. The molecule has 0 atom stereocenters. The summed E-state index contributed by atoms with van der Waals surface area (Å²) in [5, 5.41) is 0.349. The van der Waals surface area contributed by atoms with E-state index >= 15 is 0 Å². The van der Waals surface area contributed by atoms with Crippen LogP contribution in [-0.2, 0) is 0 Å². The molecule has 0 radical (unpaired) electrons. The number of hydrogen-bond donors (Lipinski definition) is 0. The van der Waals surface area contributed by atoms with Gasteiger partial charge in [-0.15, -0.1) is 0 Å². The van der Waals surface area contributed by atoms with Crippen LogP contribution in [0.15, 0.2) is 71.4 Å². The Morgan fingerprint density at radius 1 is 1.04 bits per heavy atom. The molecule has 0 saturated heterocycles. The highest BCUT2D eigenvalue weighted by atomic mass is 35.5. The normalized spacial score (nSPS) is 10.7. The fraction of sp³-hybridized carbons (Fsp3) is 0.0476. The SMILES string of the molecule is COc1ccccc1/C=C/C(=O)c1cc(Cl)ccc1OC(=O)c1ccco1. The van der Waals surface area contributed by atoms with Gasteiger partial charge in [0.1, 0.15) is 11.5 Å². The lowest BCUT2D eigenvalue weighted by Crippen LogP contribution is -2.10. The van der Waals surface area contributed by atoms with Crippen molar-refractivity contribution in [3.05, 3.63) is 88.8 Å². The number of esters is 1. The Labute approximate surface area is 160 Å². The molecule has 0 unspecified atom stereocenters. The smallest absolute Gasteiger partial charge is 0.379 e. The van der Waals surface area contributed by atoms with E-state index in [9.17, 15) is 9.59 Å². The fourth-order valence-electron chi connectivity index (χ4n) is 2.39. The van der Waals surface area contributed by atoms with E-state index in [0.29, 0.717) is 10.8 Å². The van der Waals surface area contributed by atoms with Gasteiger partial charge in [0, 0.05) is 10.6 Å². The molecule has 0 aliphatic carbocycles. The summed E-state index contributed by atoms with van der Waals surface area (Å²) in [4.78, 5) is 24.8. The molecule has 5 nitrogen and oxygen atoms in total. The first-order valence-electron chi connectivity index (χ1n) is 7.99. The zero-order chi connectivity index (χ0) is 19.2. The van der Waals surface area contributed by atoms with Crippen LogP contribution in [-0.4, -0.2) is 18.9 Å². The maximum Gasteiger partial charge on any atom is 0.379 e. The summed E-state index contributed by atoms with van der Waals surface area (Å²) in [6.07, 6.45) is 4.36. The van der Waals surface area contributed by atoms with E-state index in [0.717, 1.165) is 5.56 Å². The molecule has 3 rings (SSSR count). The second-order valence-electron chi connectivity index (χ2n) is 5.45. The predicted octanol–water partition coefficient (Wildman–Crippen LogP) is 5.06. The Kier molecular flexibility index (Phi) is 5.74. The number of carbonyl (C=O) groups excluding carboxylic acids is 2. The molecule has 1 heterocycles. The van der Waals surface area contributed by atoms with Gasteiger partial charge in [-0.2, -0.15) is 0 Å². The lowest BCUT2D eigenvalue weighted by molar-refractivity contribution is 0.0700. The number of ketones is 1. The number of ether oxygens (including phenoxy) is 2. The maximum absolute atomic E-state index is 12.7. The van der Waals surface area contributed by atoms with E-state index in [1.807, 2.05) is 18.2 Å². The topological polar surface area (TPSA) is 65.7 Å². The average molecular weight is 383 g/mol. The van der Waals surface area contributed by atoms with Crippen LogP contribution in [0.1, 0.15) is 26.5 Å². The molecule has 0 saturated carbocycles. The zero-order valence-electron chi connectivity index (χ0n) is 14.3. The summed E-state index contributed by atoms with van der Waals surface area (Å²) in [7, 11) is 1.55. The van der Waals surface area contributed by atoms with Gasteiger partial charge in [0.2, 0.25) is 5.76 Å². The standard InChI is InChI=1S/C21H15ClO5/c1-25-18-6-3-2-5-14(18)8-10-17(23)16-13-15(22)9-11-19(16)27-21(24)20-7-4-12-26-20/h2-13H,1H3/b10-8+. The quantitative estimate of drug-likeness (QED) is 0.258. The fourth-order valence-corrected chi connectivity index (χ4v) is 2.56. The van der Waals surface area contributed by atoms with Crippen molar-refractivity contribution in [1.29, 1.82) is 0 Å². The Hall–Kier alpha value is -3.31. The van der Waals surface area contributed by atoms with E-state index in [4.69, 9.17) is 25.5 Å². The number of benzene rings is 2. The van der Waals surface area contributed by atoms with Gasteiger partial charge in [0.05, 0.1) is 18.9 Å². The van der Waals surface area contributed by atoms with Crippen molar-refractivity contribution < 1.29 is 23.5 Å². The van der Waals surface area contributed by atoms with Crippen LogP contribution < -0.4 is 9.47 Å². The Bertz CT molecular complexity index is 990. The van der Waals surface area contributed by atoms with Gasteiger partial charge in [0.25, 0.3) is 0 Å². The molecule has 0 aliphatic heterocycles. The third-order valence-electron chi connectivity index (χ3n) is 3.69. The van der Waals surface area contributed by atoms with Crippen LogP contribution in [0.3, 0.4) is 0 Å². The number of furan rings is 1. The van der Waals surface area contributed by atoms with E-state index in [-0.39, 0.29) is 22.9 Å². The van der Waals surface area contributed by atoms with Crippen LogP contribution in [0, 0.1) is 0 Å². The molecular weight excluding hydrogens is 368 g/mol. The van der Waals surface area contributed by atoms with Crippen LogP contribution >= 0.6 is 11.6 Å². The summed E-state index contributed by atoms with van der Waals surface area (Å²) in [6.45, 7) is 0. The van der Waals surface area contributed by atoms with E-state index in [2.05, 4.69) is 0 Å². The third kappa shape index (κ3) is 4.46. The summed E-state index contributed by atoms with van der Waals surface area (Å²) < 4.78 is 15.6. The summed E-state index contributed by atoms with van der Waals surface area (Å²) in [5.41, 5.74) is 0.901. The highest BCUT2D eigenvalue weighted by molar-refractivity contribution is 6.31. The molecule has 136 valence electrons. The first kappa shape index (κ1) is 18.5. The molecule has 0 spiro atoms. The van der Waals surface area contributed by atoms with Gasteiger partial charge in [-0.05, 0) is 48.6 Å². The highest BCUT2D eigenvalue weighted by Gasteiger charge is 2.17. The molecule has 6 heteroatoms. The first-order chi connectivity index (χ1) is 13.1. The van der Waals surface area contributed by atoms with Gasteiger partial charge in [-0.25, -0.2) is 4.79 Å². The third-order valence-corrected chi connectivity index (χ3v) is 3.92. The van der Waals surface area contributed by atoms with Gasteiger partial charge in [-0.1, -0.05) is 29.8 Å². The molecule has 0 bridgehead atoms. The van der Waals surface area contributed by atoms with Crippen LogP contribution in [0.25, 0.3) is 6.08 Å². The summed E-state index contributed by atoms with van der Waals surface area (Å²) >= 11 is 6.01. The van der Waals surface area contributed by atoms with Crippen LogP contribution in [0.4, 0.5) is 0 Å². The van der Waals surface area contributed by atoms with Gasteiger partial charge in [0.15, 0.2) is 5.78 Å². The largest absolute Gasteiger partial charge is 0.496 e. The van der Waals surface area contributed by atoms with Crippen molar-refractivity contribution in [2.24, 2.45) is 0 Å². The predicted molar refractivity (Wildman–Crippen MR) is 101 cm³/mol. The molecule has 27 heavy (non-hydrogen) atoms. The Morgan fingerprint density at radius 2 is 1.85 bits per heavy atom. The average Bonchev–Trinajstić information content (AvgIpc) is 3.22. The molecule has 3 aromatic rings. The monoisotopic (exact) mass is 382 g/mol. The van der Waals surface area contributed by atoms with Crippen molar-refractivity contribution in [3.8, 4) is 11.5 Å². The molecular formula is C21H15ClO5. The minimum atomic E-state index is -0.704. The van der Waals surface area contributed by atoms with E-state index in [1.54, 1.807) is 25.3 Å². The van der Waals surface area contributed by atoms with Gasteiger partial charge < -0.3 is 13.9 Å². The molecule has 0 amide bonds. The zero-order valence-corrected chi connectivity index (χ0v) is 15.1. The van der Waals surface area contributed by atoms with Crippen LogP contribution in [0.2, 0.25) is 5.02 Å². The maximum atomic E-state index is 12.7. The van der Waals surface area contributed by atoms with Crippen molar-refractivity contribution in [1.82, 2.24) is 0 Å². The van der Waals surface area contributed by atoms with Crippen molar-refractivity contribution in [3.63, 3.8) is 0 Å². The minimum Gasteiger partial charge on any atom is -0.496 e.